The first kappa shape index (κ1) is 19.6. The maximum atomic E-state index is 12.4. The van der Waals surface area contributed by atoms with Gasteiger partial charge in [0.2, 0.25) is 23.5 Å². The lowest BCUT2D eigenvalue weighted by atomic mass is 10.1. The predicted molar refractivity (Wildman–Crippen MR) is 103 cm³/mol. The number of nitrogens with one attached hydrogen (secondary N) is 1. The molecule has 0 radical (unpaired) electrons. The summed E-state index contributed by atoms with van der Waals surface area (Å²) < 4.78 is 15.7. The van der Waals surface area contributed by atoms with Crippen LogP contribution in [-0.4, -0.2) is 45.5 Å². The normalized spacial score (nSPS) is 12.9. The van der Waals surface area contributed by atoms with Crippen LogP contribution in [-0.2, 0) is 24.3 Å². The lowest BCUT2D eigenvalue weighted by Crippen LogP contribution is -2.24. The van der Waals surface area contributed by atoms with Crippen LogP contribution < -0.4 is 10.1 Å². The van der Waals surface area contributed by atoms with E-state index < -0.39 is 0 Å². The number of carbonyl (C=O) groups excluding carboxylic acids is 2. The maximum absolute atomic E-state index is 12.4. The number of furan rings is 1. The molecule has 0 spiro atoms. The van der Waals surface area contributed by atoms with Crippen molar-refractivity contribution in [2.24, 2.45) is 0 Å². The number of hydrogen-bond donors (Lipinski definition) is 1. The number of pyridine rings is 1. The molecular weight excluding hydrogens is 390 g/mol. The quantitative estimate of drug-likeness (QED) is 0.597. The summed E-state index contributed by atoms with van der Waals surface area (Å²) in [6, 6.07) is 5.20. The van der Waals surface area contributed by atoms with E-state index in [0.717, 1.165) is 0 Å². The number of aryl methyl sites for hydroxylation is 1. The van der Waals surface area contributed by atoms with Crippen molar-refractivity contribution in [2.45, 2.75) is 32.9 Å². The van der Waals surface area contributed by atoms with E-state index in [4.69, 9.17) is 13.7 Å². The number of amides is 2. The third-order valence-electron chi connectivity index (χ3n) is 4.83. The molecule has 30 heavy (non-hydrogen) atoms. The Bertz CT molecular complexity index is 1060. The zero-order valence-corrected chi connectivity index (χ0v) is 16.7. The Morgan fingerprint density at radius 1 is 1.37 bits per heavy atom. The van der Waals surface area contributed by atoms with Gasteiger partial charge in [-0.2, -0.15) is 4.98 Å². The molecule has 4 heterocycles. The largest absolute Gasteiger partial charge is 0.481 e. The average Bonchev–Trinajstić information content (AvgIpc) is 3.50. The SMILES string of the molecule is CCN1Cc2nc(OC)c(CNC(=O)CCc3nc(-c4ccco4)no3)cc2C1=O. The Morgan fingerprint density at radius 2 is 2.23 bits per heavy atom. The minimum Gasteiger partial charge on any atom is -0.481 e. The molecule has 3 aromatic rings. The summed E-state index contributed by atoms with van der Waals surface area (Å²) in [5, 5.41) is 6.65. The zero-order chi connectivity index (χ0) is 21.1. The lowest BCUT2D eigenvalue weighted by molar-refractivity contribution is -0.121. The van der Waals surface area contributed by atoms with Crippen molar-refractivity contribution in [3.05, 3.63) is 47.2 Å². The molecule has 0 saturated heterocycles. The van der Waals surface area contributed by atoms with Crippen molar-refractivity contribution in [1.29, 1.82) is 0 Å². The highest BCUT2D eigenvalue weighted by Gasteiger charge is 2.29. The number of methoxy groups -OCH3 is 1. The summed E-state index contributed by atoms with van der Waals surface area (Å²) in [6.07, 6.45) is 1.99. The van der Waals surface area contributed by atoms with Gasteiger partial charge < -0.3 is 23.9 Å². The van der Waals surface area contributed by atoms with Gasteiger partial charge in [0.1, 0.15) is 0 Å². The first-order valence-corrected chi connectivity index (χ1v) is 9.58. The summed E-state index contributed by atoms with van der Waals surface area (Å²) in [7, 11) is 1.51. The van der Waals surface area contributed by atoms with Crippen LogP contribution in [0.2, 0.25) is 0 Å². The fraction of sp³-hybridized carbons (Fsp3) is 0.350. The second kappa shape index (κ2) is 8.36. The Kier molecular flexibility index (Phi) is 5.46. The van der Waals surface area contributed by atoms with Crippen molar-refractivity contribution in [1.82, 2.24) is 25.3 Å². The van der Waals surface area contributed by atoms with Crippen molar-refractivity contribution in [3.8, 4) is 17.5 Å². The Labute approximate surface area is 172 Å². The van der Waals surface area contributed by atoms with E-state index in [9.17, 15) is 9.59 Å². The molecule has 156 valence electrons. The first-order chi connectivity index (χ1) is 14.6. The summed E-state index contributed by atoms with van der Waals surface area (Å²) in [4.78, 5) is 35.0. The first-order valence-electron chi connectivity index (χ1n) is 9.58. The third kappa shape index (κ3) is 3.88. The molecule has 1 aliphatic heterocycles. The van der Waals surface area contributed by atoms with Gasteiger partial charge in [0.25, 0.3) is 5.91 Å². The molecule has 10 nitrogen and oxygen atoms in total. The number of ether oxygens (including phenoxy) is 1. The predicted octanol–water partition coefficient (Wildman–Crippen LogP) is 1.96. The molecule has 0 fully saturated rings. The average molecular weight is 411 g/mol. The second-order valence-electron chi connectivity index (χ2n) is 6.74. The molecule has 0 aliphatic carbocycles. The molecule has 0 saturated carbocycles. The summed E-state index contributed by atoms with van der Waals surface area (Å²) in [5.74, 6) is 1.34. The van der Waals surface area contributed by atoms with E-state index in [1.807, 2.05) is 6.92 Å². The number of aromatic nitrogens is 3. The van der Waals surface area contributed by atoms with Crippen LogP contribution in [0.5, 0.6) is 5.88 Å². The molecule has 0 unspecified atom stereocenters. The fourth-order valence-corrected chi connectivity index (χ4v) is 3.23. The van der Waals surface area contributed by atoms with Gasteiger partial charge in [-0.05, 0) is 25.1 Å². The van der Waals surface area contributed by atoms with Crippen LogP contribution in [0, 0.1) is 0 Å². The van der Waals surface area contributed by atoms with E-state index in [2.05, 4.69) is 20.4 Å². The number of carbonyl (C=O) groups is 2. The van der Waals surface area contributed by atoms with Crippen molar-refractivity contribution in [3.63, 3.8) is 0 Å². The molecule has 2 amide bonds. The van der Waals surface area contributed by atoms with Gasteiger partial charge >= 0.3 is 0 Å². The highest BCUT2D eigenvalue weighted by atomic mass is 16.5. The Morgan fingerprint density at radius 3 is 2.97 bits per heavy atom. The second-order valence-corrected chi connectivity index (χ2v) is 6.74. The molecule has 0 aromatic carbocycles. The van der Waals surface area contributed by atoms with Gasteiger partial charge in [-0.15, -0.1) is 0 Å². The Balaban J connectivity index is 1.35. The smallest absolute Gasteiger partial charge is 0.256 e. The van der Waals surface area contributed by atoms with Gasteiger partial charge in [-0.1, -0.05) is 5.16 Å². The monoisotopic (exact) mass is 411 g/mol. The molecule has 0 atom stereocenters. The van der Waals surface area contributed by atoms with Gasteiger partial charge in [0, 0.05) is 31.5 Å². The van der Waals surface area contributed by atoms with Gasteiger partial charge in [0.15, 0.2) is 5.76 Å². The topological polar surface area (TPSA) is 124 Å². The molecular formula is C20H21N5O5. The standard InChI is InChI=1S/C20H21N5O5/c1-3-25-11-14-13(20(25)27)9-12(19(22-14)28-2)10-21-16(26)6-7-17-23-18(24-30-17)15-5-4-8-29-15/h4-5,8-9H,3,6-7,10-11H2,1-2H3,(H,21,26). The maximum Gasteiger partial charge on any atom is 0.256 e. The number of hydrogen-bond acceptors (Lipinski definition) is 8. The van der Waals surface area contributed by atoms with Crippen LogP contribution in [0.15, 0.2) is 33.4 Å². The summed E-state index contributed by atoms with van der Waals surface area (Å²) in [5.41, 5.74) is 1.89. The van der Waals surface area contributed by atoms with Crippen LogP contribution in [0.4, 0.5) is 0 Å². The van der Waals surface area contributed by atoms with Crippen LogP contribution in [0.1, 0.15) is 40.9 Å². The molecule has 1 N–H and O–H groups in total. The molecule has 3 aromatic heterocycles. The van der Waals surface area contributed by atoms with Gasteiger partial charge in [-0.25, -0.2) is 4.98 Å². The third-order valence-corrected chi connectivity index (χ3v) is 4.83. The van der Waals surface area contributed by atoms with E-state index in [0.29, 0.717) is 59.7 Å². The minimum absolute atomic E-state index is 0.0565. The number of fused-ring (bicyclic) bond motifs is 1. The minimum atomic E-state index is -0.197. The molecule has 0 bridgehead atoms. The van der Waals surface area contributed by atoms with Crippen LogP contribution in [0.25, 0.3) is 11.6 Å². The van der Waals surface area contributed by atoms with Crippen molar-refractivity contribution in [2.75, 3.05) is 13.7 Å². The molecule has 1 aliphatic rings. The highest BCUT2D eigenvalue weighted by Crippen LogP contribution is 2.27. The summed E-state index contributed by atoms with van der Waals surface area (Å²) >= 11 is 0. The number of rotatable bonds is 8. The molecule has 4 rings (SSSR count). The lowest BCUT2D eigenvalue weighted by Gasteiger charge is -2.10. The summed E-state index contributed by atoms with van der Waals surface area (Å²) in [6.45, 7) is 3.20. The molecule has 10 heteroatoms. The fourth-order valence-electron chi connectivity index (χ4n) is 3.23. The zero-order valence-electron chi connectivity index (χ0n) is 16.7. The van der Waals surface area contributed by atoms with E-state index in [1.54, 1.807) is 23.1 Å². The van der Waals surface area contributed by atoms with E-state index in [1.165, 1.54) is 13.4 Å². The Hall–Kier alpha value is -3.69. The van der Waals surface area contributed by atoms with Gasteiger partial charge in [0.05, 0.1) is 31.2 Å². The highest BCUT2D eigenvalue weighted by molar-refractivity contribution is 5.98. The number of nitrogens with zero attached hydrogens (tertiary/aromatic N) is 4. The van der Waals surface area contributed by atoms with Crippen LogP contribution >= 0.6 is 0 Å². The van der Waals surface area contributed by atoms with Crippen LogP contribution in [0.3, 0.4) is 0 Å². The van der Waals surface area contributed by atoms with Gasteiger partial charge in [-0.3, -0.25) is 9.59 Å². The van der Waals surface area contributed by atoms with Crippen molar-refractivity contribution >= 4 is 11.8 Å². The van der Waals surface area contributed by atoms with E-state index >= 15 is 0 Å². The van der Waals surface area contributed by atoms with Crippen molar-refractivity contribution < 1.29 is 23.3 Å². The van der Waals surface area contributed by atoms with E-state index in [-0.39, 0.29) is 24.8 Å².